The number of amides is 1. The van der Waals surface area contributed by atoms with E-state index in [1.165, 1.54) is 24.0 Å². The monoisotopic (exact) mass is 652 g/mol. The maximum absolute atomic E-state index is 13.5. The fraction of sp³-hybridized carbons (Fsp3) is 0.486. The third-order valence-electron chi connectivity index (χ3n) is 7.60. The van der Waals surface area contributed by atoms with E-state index in [-0.39, 0.29) is 22.5 Å². The molecule has 1 amide bonds. The Labute approximate surface area is 274 Å². The lowest BCUT2D eigenvalue weighted by Crippen LogP contribution is -2.42. The summed E-state index contributed by atoms with van der Waals surface area (Å²) < 4.78 is 40.9. The number of hydrogen-bond acceptors (Lipinski definition) is 8. The number of hydrogen-bond donors (Lipinski definition) is 1. The first-order valence-electron chi connectivity index (χ1n) is 15.6. The van der Waals surface area contributed by atoms with Gasteiger partial charge < -0.3 is 9.47 Å². The standard InChI is InChI=1S/C35H48N4O6S/c1-10-35(9,11-2)26-19-17-25(18-20-26)22-29(38-46(42,43)27-14-13-21-36-23-27)28-15-12-16-30(37-28)39(32(41)45-34(6,7)8)24-31(40)44-33(3,4)5/h12-21,23,29,38H,10-11,22,24H2,1-9H3. The molecule has 11 heteroatoms. The number of pyridine rings is 2. The van der Waals surface area contributed by atoms with Gasteiger partial charge in [-0.15, -0.1) is 0 Å². The van der Waals surface area contributed by atoms with Crippen LogP contribution >= 0.6 is 0 Å². The SMILES string of the molecule is CCC(C)(CC)c1ccc(CC(NS(=O)(=O)c2cccnc2)c2cccc(N(CC(=O)OC(C)(C)C)C(=O)OC(C)(C)C)n2)cc1. The summed E-state index contributed by atoms with van der Waals surface area (Å²) in [4.78, 5) is 36.0. The number of esters is 1. The molecular formula is C35H48N4O6S. The number of carbonyl (C=O) groups is 2. The second-order valence-electron chi connectivity index (χ2n) is 13.6. The molecule has 0 saturated heterocycles. The molecule has 46 heavy (non-hydrogen) atoms. The number of rotatable bonds is 12. The van der Waals surface area contributed by atoms with Gasteiger partial charge in [-0.2, -0.15) is 0 Å². The van der Waals surface area contributed by atoms with Crippen LogP contribution in [-0.2, 0) is 36.1 Å². The fourth-order valence-corrected chi connectivity index (χ4v) is 5.92. The summed E-state index contributed by atoms with van der Waals surface area (Å²) in [6.45, 7) is 16.5. The van der Waals surface area contributed by atoms with Gasteiger partial charge in [0.25, 0.3) is 0 Å². The molecule has 3 rings (SSSR count). The minimum absolute atomic E-state index is 0.00784. The molecule has 0 saturated carbocycles. The van der Waals surface area contributed by atoms with Crippen molar-refractivity contribution in [2.45, 2.75) is 109 Å². The minimum atomic E-state index is -4.01. The van der Waals surface area contributed by atoms with Gasteiger partial charge in [-0.05, 0) is 102 Å². The topological polar surface area (TPSA) is 128 Å². The first-order valence-corrected chi connectivity index (χ1v) is 17.0. The molecule has 2 aromatic heterocycles. The summed E-state index contributed by atoms with van der Waals surface area (Å²) in [5.74, 6) is -0.536. The summed E-state index contributed by atoms with van der Waals surface area (Å²) >= 11 is 0. The molecule has 1 aromatic carbocycles. The zero-order valence-electron chi connectivity index (χ0n) is 28.5. The second-order valence-corrected chi connectivity index (χ2v) is 15.3. The smallest absolute Gasteiger partial charge is 0.416 e. The molecule has 0 aliphatic heterocycles. The van der Waals surface area contributed by atoms with E-state index in [1.807, 2.05) is 12.1 Å². The Morgan fingerprint density at radius 3 is 2.04 bits per heavy atom. The van der Waals surface area contributed by atoms with Gasteiger partial charge in [0.15, 0.2) is 0 Å². The number of carbonyl (C=O) groups excluding carboxylic acids is 2. The highest BCUT2D eigenvalue weighted by Gasteiger charge is 2.30. The summed E-state index contributed by atoms with van der Waals surface area (Å²) in [6.07, 6.45) is 4.23. The van der Waals surface area contributed by atoms with Crippen molar-refractivity contribution in [3.05, 3.63) is 83.8 Å². The molecule has 250 valence electrons. The van der Waals surface area contributed by atoms with E-state index in [1.54, 1.807) is 65.8 Å². The quantitative estimate of drug-likeness (QED) is 0.209. The van der Waals surface area contributed by atoms with Crippen LogP contribution in [0.3, 0.4) is 0 Å². The molecule has 0 radical (unpaired) electrons. The molecule has 0 bridgehead atoms. The van der Waals surface area contributed by atoms with Crippen molar-refractivity contribution in [2.75, 3.05) is 11.4 Å². The van der Waals surface area contributed by atoms with Crippen LogP contribution in [0.5, 0.6) is 0 Å². The van der Waals surface area contributed by atoms with Crippen molar-refractivity contribution in [1.82, 2.24) is 14.7 Å². The third-order valence-corrected chi connectivity index (χ3v) is 9.06. The van der Waals surface area contributed by atoms with Gasteiger partial charge >= 0.3 is 12.1 Å². The number of ether oxygens (including phenoxy) is 2. The fourth-order valence-electron chi connectivity index (χ4n) is 4.75. The third kappa shape index (κ3) is 10.3. The van der Waals surface area contributed by atoms with E-state index in [2.05, 4.69) is 42.6 Å². The normalized spacial score (nSPS) is 13.2. The van der Waals surface area contributed by atoms with Crippen molar-refractivity contribution in [3.63, 3.8) is 0 Å². The van der Waals surface area contributed by atoms with Crippen molar-refractivity contribution in [3.8, 4) is 0 Å². The molecule has 3 aromatic rings. The maximum atomic E-state index is 13.5. The van der Waals surface area contributed by atoms with Crippen LogP contribution < -0.4 is 9.62 Å². The van der Waals surface area contributed by atoms with Crippen LogP contribution in [0.15, 0.2) is 71.9 Å². The molecule has 1 unspecified atom stereocenters. The highest BCUT2D eigenvalue weighted by molar-refractivity contribution is 7.89. The first kappa shape index (κ1) is 36.6. The number of sulfonamides is 1. The van der Waals surface area contributed by atoms with Gasteiger partial charge in [-0.25, -0.2) is 22.9 Å². The molecule has 1 atom stereocenters. The highest BCUT2D eigenvalue weighted by Crippen LogP contribution is 2.32. The Kier molecular flexibility index (Phi) is 11.7. The number of nitrogens with one attached hydrogen (secondary N) is 1. The molecule has 0 spiro atoms. The lowest BCUT2D eigenvalue weighted by molar-refractivity contribution is -0.153. The van der Waals surface area contributed by atoms with Crippen LogP contribution in [0.2, 0.25) is 0 Å². The summed E-state index contributed by atoms with van der Waals surface area (Å²) in [5, 5.41) is 0. The Morgan fingerprint density at radius 1 is 0.870 bits per heavy atom. The molecule has 0 aliphatic rings. The van der Waals surface area contributed by atoms with Gasteiger partial charge in [0, 0.05) is 12.4 Å². The minimum Gasteiger partial charge on any atom is -0.459 e. The van der Waals surface area contributed by atoms with Gasteiger partial charge in [-0.3, -0.25) is 14.7 Å². The number of nitrogens with zero attached hydrogens (tertiary/aromatic N) is 3. The molecule has 0 aliphatic carbocycles. The van der Waals surface area contributed by atoms with E-state index in [0.717, 1.165) is 23.3 Å². The zero-order valence-corrected chi connectivity index (χ0v) is 29.3. The van der Waals surface area contributed by atoms with Crippen LogP contribution in [0.4, 0.5) is 10.6 Å². The number of aromatic nitrogens is 2. The average molecular weight is 653 g/mol. The number of anilines is 1. The van der Waals surface area contributed by atoms with Gasteiger partial charge in [0.1, 0.15) is 28.5 Å². The Morgan fingerprint density at radius 2 is 1.50 bits per heavy atom. The van der Waals surface area contributed by atoms with Crippen molar-refractivity contribution < 1.29 is 27.5 Å². The van der Waals surface area contributed by atoms with Gasteiger partial charge in [-0.1, -0.05) is 51.1 Å². The Balaban J connectivity index is 2.06. The van der Waals surface area contributed by atoms with Crippen LogP contribution in [-0.4, -0.2) is 48.2 Å². The largest absolute Gasteiger partial charge is 0.459 e. The van der Waals surface area contributed by atoms with Crippen LogP contribution in [0.25, 0.3) is 0 Å². The van der Waals surface area contributed by atoms with E-state index >= 15 is 0 Å². The van der Waals surface area contributed by atoms with E-state index < -0.39 is 45.9 Å². The molecular weight excluding hydrogens is 604 g/mol. The van der Waals surface area contributed by atoms with Crippen molar-refractivity contribution in [2.24, 2.45) is 0 Å². The lowest BCUT2D eigenvalue weighted by atomic mass is 9.77. The zero-order chi connectivity index (χ0) is 34.3. The van der Waals surface area contributed by atoms with Crippen molar-refractivity contribution >= 4 is 27.9 Å². The molecule has 2 heterocycles. The van der Waals surface area contributed by atoms with E-state index in [9.17, 15) is 18.0 Å². The number of benzene rings is 1. The van der Waals surface area contributed by atoms with E-state index in [0.29, 0.717) is 5.69 Å². The van der Waals surface area contributed by atoms with Gasteiger partial charge in [0.05, 0.1) is 11.7 Å². The van der Waals surface area contributed by atoms with Crippen molar-refractivity contribution in [1.29, 1.82) is 0 Å². The predicted octanol–water partition coefficient (Wildman–Crippen LogP) is 6.90. The molecule has 0 fully saturated rings. The second kappa shape index (κ2) is 14.7. The first-order chi connectivity index (χ1) is 21.4. The maximum Gasteiger partial charge on any atom is 0.416 e. The lowest BCUT2D eigenvalue weighted by Gasteiger charge is -2.28. The van der Waals surface area contributed by atoms with Crippen LogP contribution in [0, 0.1) is 0 Å². The summed E-state index contributed by atoms with van der Waals surface area (Å²) in [5.41, 5.74) is 0.864. The van der Waals surface area contributed by atoms with Gasteiger partial charge in [0.2, 0.25) is 10.0 Å². The van der Waals surface area contributed by atoms with E-state index in [4.69, 9.17) is 14.5 Å². The Hall–Kier alpha value is -3.83. The molecule has 1 N–H and O–H groups in total. The highest BCUT2D eigenvalue weighted by atomic mass is 32.2. The molecule has 10 nitrogen and oxygen atoms in total. The predicted molar refractivity (Wildman–Crippen MR) is 179 cm³/mol. The summed E-state index contributed by atoms with van der Waals surface area (Å²) in [6, 6.07) is 15.3. The Bertz CT molecular complexity index is 1580. The average Bonchev–Trinajstić information content (AvgIpc) is 2.98. The van der Waals surface area contributed by atoms with Crippen LogP contribution in [0.1, 0.15) is 98.0 Å². The summed E-state index contributed by atoms with van der Waals surface area (Å²) in [7, 11) is -4.01.